The molecule has 1 saturated carbocycles. The van der Waals surface area contributed by atoms with Gasteiger partial charge >= 0.3 is 0 Å². The van der Waals surface area contributed by atoms with E-state index in [0.29, 0.717) is 6.04 Å². The van der Waals surface area contributed by atoms with Gasteiger partial charge in [0.05, 0.1) is 0 Å². The predicted molar refractivity (Wildman–Crippen MR) is 88.5 cm³/mol. The fraction of sp³-hybridized carbons (Fsp3) is 0.500. The number of thiophene rings is 2. The summed E-state index contributed by atoms with van der Waals surface area (Å²) in [5.74, 6) is 0. The lowest BCUT2D eigenvalue weighted by Gasteiger charge is -2.23. The normalized spacial score (nSPS) is 16.7. The van der Waals surface area contributed by atoms with Gasteiger partial charge in [0, 0.05) is 36.6 Å². The van der Waals surface area contributed by atoms with Crippen LogP contribution in [0.25, 0.3) is 0 Å². The maximum absolute atomic E-state index is 3.65. The SMILES string of the molecule is CC(NCCN(Cc1ccsc1)C1CC1)c1cccs1. The molecule has 2 aromatic heterocycles. The zero-order valence-electron chi connectivity index (χ0n) is 11.9. The average molecular weight is 306 g/mol. The molecule has 0 bridgehead atoms. The van der Waals surface area contributed by atoms with E-state index in [9.17, 15) is 0 Å². The van der Waals surface area contributed by atoms with Crippen molar-refractivity contribution in [3.63, 3.8) is 0 Å². The molecule has 0 spiro atoms. The van der Waals surface area contributed by atoms with Crippen LogP contribution in [-0.2, 0) is 6.54 Å². The summed E-state index contributed by atoms with van der Waals surface area (Å²) >= 11 is 3.64. The van der Waals surface area contributed by atoms with Crippen molar-refractivity contribution >= 4 is 22.7 Å². The van der Waals surface area contributed by atoms with Crippen LogP contribution in [0.2, 0.25) is 0 Å². The zero-order chi connectivity index (χ0) is 13.8. The van der Waals surface area contributed by atoms with Crippen molar-refractivity contribution in [3.8, 4) is 0 Å². The van der Waals surface area contributed by atoms with Gasteiger partial charge in [-0.15, -0.1) is 11.3 Å². The van der Waals surface area contributed by atoms with Crippen LogP contribution in [-0.4, -0.2) is 24.0 Å². The predicted octanol–water partition coefficient (Wildman–Crippen LogP) is 4.12. The zero-order valence-corrected chi connectivity index (χ0v) is 13.6. The Kier molecular flexibility index (Phi) is 4.89. The molecule has 20 heavy (non-hydrogen) atoms. The standard InChI is InChI=1S/C16H22N2S2/c1-13(16-3-2-9-20-16)17-7-8-18(15-4-5-15)11-14-6-10-19-12-14/h2-3,6,9-10,12-13,15,17H,4-5,7-8,11H2,1H3. The summed E-state index contributed by atoms with van der Waals surface area (Å²) in [5.41, 5.74) is 1.47. The fourth-order valence-corrected chi connectivity index (χ4v) is 3.93. The van der Waals surface area contributed by atoms with Gasteiger partial charge < -0.3 is 5.32 Å². The van der Waals surface area contributed by atoms with E-state index in [1.165, 1.54) is 23.3 Å². The Morgan fingerprint density at radius 1 is 1.35 bits per heavy atom. The number of nitrogens with zero attached hydrogens (tertiary/aromatic N) is 1. The molecule has 2 heterocycles. The molecule has 2 aromatic rings. The second kappa shape index (κ2) is 6.85. The molecule has 108 valence electrons. The summed E-state index contributed by atoms with van der Waals surface area (Å²) in [6.07, 6.45) is 2.76. The van der Waals surface area contributed by atoms with Gasteiger partial charge in [-0.3, -0.25) is 4.90 Å². The van der Waals surface area contributed by atoms with Crippen molar-refractivity contribution in [3.05, 3.63) is 44.8 Å². The summed E-state index contributed by atoms with van der Waals surface area (Å²) in [6.45, 7) is 5.59. The van der Waals surface area contributed by atoms with Gasteiger partial charge in [-0.2, -0.15) is 11.3 Å². The minimum Gasteiger partial charge on any atom is -0.308 e. The third kappa shape index (κ3) is 3.92. The summed E-state index contributed by atoms with van der Waals surface area (Å²) in [7, 11) is 0. The van der Waals surface area contributed by atoms with Crippen LogP contribution >= 0.6 is 22.7 Å². The third-order valence-electron chi connectivity index (χ3n) is 3.85. The van der Waals surface area contributed by atoms with E-state index in [0.717, 1.165) is 25.7 Å². The largest absolute Gasteiger partial charge is 0.308 e. The van der Waals surface area contributed by atoms with Crippen molar-refractivity contribution in [1.82, 2.24) is 10.2 Å². The van der Waals surface area contributed by atoms with Crippen LogP contribution in [0.1, 0.15) is 36.2 Å². The molecule has 4 heteroatoms. The van der Waals surface area contributed by atoms with Gasteiger partial charge in [0.2, 0.25) is 0 Å². The van der Waals surface area contributed by atoms with E-state index in [1.807, 2.05) is 11.3 Å². The van der Waals surface area contributed by atoms with Gasteiger partial charge in [0.25, 0.3) is 0 Å². The van der Waals surface area contributed by atoms with E-state index in [-0.39, 0.29) is 0 Å². The molecule has 1 N–H and O–H groups in total. The average Bonchev–Trinajstić information content (AvgIpc) is 2.94. The first-order valence-corrected chi connectivity index (χ1v) is 9.17. The van der Waals surface area contributed by atoms with Crippen LogP contribution in [0.3, 0.4) is 0 Å². The fourth-order valence-electron chi connectivity index (χ4n) is 2.51. The van der Waals surface area contributed by atoms with Gasteiger partial charge in [-0.1, -0.05) is 6.07 Å². The second-order valence-corrected chi connectivity index (χ2v) is 7.28. The molecular weight excluding hydrogens is 284 g/mol. The number of rotatable bonds is 8. The molecule has 1 aliphatic carbocycles. The minimum atomic E-state index is 0.470. The van der Waals surface area contributed by atoms with Crippen LogP contribution < -0.4 is 5.32 Å². The Labute approximate surface area is 129 Å². The Morgan fingerprint density at radius 3 is 2.90 bits per heavy atom. The van der Waals surface area contributed by atoms with Crippen molar-refractivity contribution in [2.24, 2.45) is 0 Å². The molecule has 1 atom stereocenters. The minimum absolute atomic E-state index is 0.470. The van der Waals surface area contributed by atoms with Crippen molar-refractivity contribution < 1.29 is 0 Å². The van der Waals surface area contributed by atoms with Gasteiger partial charge in [0.1, 0.15) is 0 Å². The first-order chi connectivity index (χ1) is 9.83. The molecule has 2 nitrogen and oxygen atoms in total. The molecule has 1 fully saturated rings. The first kappa shape index (κ1) is 14.3. The molecule has 3 rings (SSSR count). The molecule has 0 aromatic carbocycles. The summed E-state index contributed by atoms with van der Waals surface area (Å²) in [6, 6.07) is 7.89. The maximum atomic E-state index is 3.65. The van der Waals surface area contributed by atoms with Crippen molar-refractivity contribution in [2.45, 2.75) is 38.4 Å². The lowest BCUT2D eigenvalue weighted by Crippen LogP contribution is -2.34. The quantitative estimate of drug-likeness (QED) is 0.789. The smallest absolute Gasteiger partial charge is 0.0386 e. The van der Waals surface area contributed by atoms with Crippen molar-refractivity contribution in [1.29, 1.82) is 0 Å². The van der Waals surface area contributed by atoms with E-state index >= 15 is 0 Å². The number of hydrogen-bond acceptors (Lipinski definition) is 4. The van der Waals surface area contributed by atoms with Crippen LogP contribution in [0, 0.1) is 0 Å². The molecular formula is C16H22N2S2. The first-order valence-electron chi connectivity index (χ1n) is 7.35. The maximum Gasteiger partial charge on any atom is 0.0386 e. The van der Waals surface area contributed by atoms with E-state index in [1.54, 1.807) is 11.3 Å². The van der Waals surface area contributed by atoms with Gasteiger partial charge in [-0.05, 0) is 53.6 Å². The van der Waals surface area contributed by atoms with Gasteiger partial charge in [0.15, 0.2) is 0 Å². The van der Waals surface area contributed by atoms with Crippen LogP contribution in [0.4, 0.5) is 0 Å². The number of hydrogen-bond donors (Lipinski definition) is 1. The molecule has 1 unspecified atom stereocenters. The lowest BCUT2D eigenvalue weighted by atomic mass is 10.2. The Morgan fingerprint density at radius 2 is 2.25 bits per heavy atom. The summed E-state index contributed by atoms with van der Waals surface area (Å²) in [4.78, 5) is 4.07. The summed E-state index contributed by atoms with van der Waals surface area (Å²) in [5, 5.41) is 10.3. The highest BCUT2D eigenvalue weighted by molar-refractivity contribution is 7.10. The highest BCUT2D eigenvalue weighted by Crippen LogP contribution is 2.28. The molecule has 1 aliphatic rings. The summed E-state index contributed by atoms with van der Waals surface area (Å²) < 4.78 is 0. The van der Waals surface area contributed by atoms with Crippen molar-refractivity contribution in [2.75, 3.05) is 13.1 Å². The Hall–Kier alpha value is -0.680. The Bertz CT molecular complexity index is 489. The lowest BCUT2D eigenvalue weighted by molar-refractivity contribution is 0.252. The number of nitrogens with one attached hydrogen (secondary N) is 1. The molecule has 0 amide bonds. The molecule has 0 saturated heterocycles. The highest BCUT2D eigenvalue weighted by atomic mass is 32.1. The molecule has 0 aliphatic heterocycles. The topological polar surface area (TPSA) is 15.3 Å². The molecule has 0 radical (unpaired) electrons. The van der Waals surface area contributed by atoms with E-state index < -0.39 is 0 Å². The van der Waals surface area contributed by atoms with E-state index in [4.69, 9.17) is 0 Å². The van der Waals surface area contributed by atoms with Gasteiger partial charge in [-0.25, -0.2) is 0 Å². The third-order valence-corrected chi connectivity index (χ3v) is 5.64. The second-order valence-electron chi connectivity index (χ2n) is 5.52. The monoisotopic (exact) mass is 306 g/mol. The van der Waals surface area contributed by atoms with E-state index in [2.05, 4.69) is 51.5 Å². The van der Waals surface area contributed by atoms with Crippen LogP contribution in [0.5, 0.6) is 0 Å². The van der Waals surface area contributed by atoms with Crippen LogP contribution in [0.15, 0.2) is 34.3 Å². The Balaban J connectivity index is 1.45. The highest BCUT2D eigenvalue weighted by Gasteiger charge is 2.28.